The van der Waals surface area contributed by atoms with Gasteiger partial charge in [-0.2, -0.15) is 13.2 Å². The van der Waals surface area contributed by atoms with Crippen molar-refractivity contribution in [3.63, 3.8) is 0 Å². The van der Waals surface area contributed by atoms with E-state index in [4.69, 9.17) is 4.74 Å². The Bertz CT molecular complexity index is 1400. The molecule has 1 aliphatic heterocycles. The number of benzene rings is 3. The van der Waals surface area contributed by atoms with Crippen LogP contribution in [-0.4, -0.2) is 40.0 Å². The molecule has 5 rings (SSSR count). The fourth-order valence-electron chi connectivity index (χ4n) is 4.64. The van der Waals surface area contributed by atoms with Crippen molar-refractivity contribution in [1.29, 1.82) is 0 Å². The molecule has 1 N–H and O–H groups in total. The summed E-state index contributed by atoms with van der Waals surface area (Å²) in [5.41, 5.74) is 0.753. The van der Waals surface area contributed by atoms with Gasteiger partial charge in [-0.25, -0.2) is 9.37 Å². The predicted molar refractivity (Wildman–Crippen MR) is 131 cm³/mol. The van der Waals surface area contributed by atoms with E-state index in [1.807, 2.05) is 41.3 Å². The topological polar surface area (TPSA) is 59.4 Å². The molecular weight excluding hydrogens is 488 g/mol. The Balaban J connectivity index is 1.24. The van der Waals surface area contributed by atoms with Crippen molar-refractivity contribution in [2.75, 3.05) is 25.0 Å². The quantitative estimate of drug-likeness (QED) is 0.310. The molecule has 0 saturated carbocycles. The van der Waals surface area contributed by atoms with Gasteiger partial charge in [0, 0.05) is 25.2 Å². The second kappa shape index (κ2) is 10.2. The summed E-state index contributed by atoms with van der Waals surface area (Å²) in [6.07, 6.45) is -3.87. The zero-order valence-corrected chi connectivity index (χ0v) is 19.7. The van der Waals surface area contributed by atoms with Crippen LogP contribution < -0.4 is 10.1 Å². The van der Waals surface area contributed by atoms with Crippen LogP contribution in [0.3, 0.4) is 0 Å². The van der Waals surface area contributed by atoms with Gasteiger partial charge in [-0.3, -0.25) is 9.69 Å². The number of aromatic nitrogens is 2. The summed E-state index contributed by atoms with van der Waals surface area (Å²) in [5.74, 6) is -0.771. The van der Waals surface area contributed by atoms with Crippen LogP contribution in [0.25, 0.3) is 11.0 Å². The van der Waals surface area contributed by atoms with Gasteiger partial charge in [0.15, 0.2) is 5.75 Å². The number of ether oxygens (including phenoxy) is 1. The zero-order chi connectivity index (χ0) is 26.0. The molecule has 0 bridgehead atoms. The summed E-state index contributed by atoms with van der Waals surface area (Å²) in [4.78, 5) is 18.4. The van der Waals surface area contributed by atoms with Crippen molar-refractivity contribution in [2.45, 2.75) is 25.1 Å². The SMILES string of the molecule is O=C(CN1CCC(n2c(C(F)(F)F)nc3cc(F)ccc32)CC1)Nc1ccccc1Oc1ccccc1. The van der Waals surface area contributed by atoms with E-state index in [9.17, 15) is 22.4 Å². The first-order valence-corrected chi connectivity index (χ1v) is 11.9. The first-order chi connectivity index (χ1) is 17.8. The summed E-state index contributed by atoms with van der Waals surface area (Å²) in [5, 5.41) is 2.87. The van der Waals surface area contributed by atoms with Crippen LogP contribution in [0.5, 0.6) is 11.5 Å². The summed E-state index contributed by atoms with van der Waals surface area (Å²) in [7, 11) is 0. The molecule has 6 nitrogen and oxygen atoms in total. The van der Waals surface area contributed by atoms with Crippen LogP contribution in [-0.2, 0) is 11.0 Å². The van der Waals surface area contributed by atoms with Gasteiger partial charge in [0.1, 0.15) is 11.6 Å². The fraction of sp³-hybridized carbons (Fsp3) is 0.259. The highest BCUT2D eigenvalue weighted by Gasteiger charge is 2.40. The third-order valence-corrected chi connectivity index (χ3v) is 6.33. The van der Waals surface area contributed by atoms with Gasteiger partial charge >= 0.3 is 6.18 Å². The summed E-state index contributed by atoms with van der Waals surface area (Å²) < 4.78 is 61.8. The molecule has 0 aliphatic carbocycles. The Kier molecular flexibility index (Phi) is 6.84. The molecular formula is C27H24F4N4O2. The van der Waals surface area contributed by atoms with E-state index < -0.39 is 23.9 Å². The molecule has 0 unspecified atom stereocenters. The number of fused-ring (bicyclic) bond motifs is 1. The molecule has 0 atom stereocenters. The van der Waals surface area contributed by atoms with Crippen LogP contribution in [0.15, 0.2) is 72.8 Å². The Morgan fingerprint density at radius 3 is 2.43 bits per heavy atom. The number of nitrogens with one attached hydrogen (secondary N) is 1. The minimum Gasteiger partial charge on any atom is -0.455 e. The fourth-order valence-corrected chi connectivity index (χ4v) is 4.64. The maximum Gasteiger partial charge on any atom is 0.449 e. The molecule has 2 heterocycles. The number of hydrogen-bond donors (Lipinski definition) is 1. The monoisotopic (exact) mass is 512 g/mol. The highest BCUT2D eigenvalue weighted by molar-refractivity contribution is 5.93. The zero-order valence-electron chi connectivity index (χ0n) is 19.7. The second-order valence-electron chi connectivity index (χ2n) is 8.90. The summed E-state index contributed by atoms with van der Waals surface area (Å²) in [6, 6.07) is 19.3. The van der Waals surface area contributed by atoms with E-state index in [0.29, 0.717) is 43.1 Å². The van der Waals surface area contributed by atoms with Crippen LogP contribution in [0.4, 0.5) is 23.2 Å². The van der Waals surface area contributed by atoms with Crippen molar-refractivity contribution < 1.29 is 27.1 Å². The van der Waals surface area contributed by atoms with Gasteiger partial charge < -0.3 is 14.6 Å². The number of carbonyl (C=O) groups excluding carboxylic acids is 1. The van der Waals surface area contributed by atoms with Crippen molar-refractivity contribution in [3.05, 3.63) is 84.4 Å². The Morgan fingerprint density at radius 1 is 1.00 bits per heavy atom. The molecule has 1 fully saturated rings. The van der Waals surface area contributed by atoms with E-state index in [2.05, 4.69) is 10.3 Å². The first-order valence-electron chi connectivity index (χ1n) is 11.9. The number of alkyl halides is 3. The van der Waals surface area contributed by atoms with E-state index in [-0.39, 0.29) is 23.5 Å². The molecule has 1 aromatic heterocycles. The Labute approximate surface area is 210 Å². The molecule has 0 spiro atoms. The number of carbonyl (C=O) groups is 1. The third-order valence-electron chi connectivity index (χ3n) is 6.33. The van der Waals surface area contributed by atoms with Gasteiger partial charge in [0.25, 0.3) is 0 Å². The Morgan fingerprint density at radius 2 is 1.70 bits per heavy atom. The highest BCUT2D eigenvalue weighted by Crippen LogP contribution is 2.37. The lowest BCUT2D eigenvalue weighted by atomic mass is 10.0. The van der Waals surface area contributed by atoms with E-state index in [1.165, 1.54) is 10.6 Å². The van der Waals surface area contributed by atoms with Crippen molar-refractivity contribution in [3.8, 4) is 11.5 Å². The van der Waals surface area contributed by atoms with E-state index >= 15 is 0 Å². The molecule has 192 valence electrons. The lowest BCUT2D eigenvalue weighted by Crippen LogP contribution is -2.40. The molecule has 3 aromatic carbocycles. The number of halogens is 4. The normalized spacial score (nSPS) is 15.1. The number of rotatable bonds is 6. The predicted octanol–water partition coefficient (Wildman–Crippen LogP) is 6.26. The molecule has 37 heavy (non-hydrogen) atoms. The van der Waals surface area contributed by atoms with Gasteiger partial charge in [0.2, 0.25) is 11.7 Å². The van der Waals surface area contributed by atoms with E-state index in [1.54, 1.807) is 18.2 Å². The van der Waals surface area contributed by atoms with Crippen LogP contribution in [0.2, 0.25) is 0 Å². The average Bonchev–Trinajstić information content (AvgIpc) is 3.26. The first kappa shape index (κ1) is 24.8. The van der Waals surface area contributed by atoms with Crippen LogP contribution in [0.1, 0.15) is 24.7 Å². The second-order valence-corrected chi connectivity index (χ2v) is 8.90. The maximum atomic E-state index is 13.7. The third kappa shape index (κ3) is 5.59. The largest absolute Gasteiger partial charge is 0.455 e. The van der Waals surface area contributed by atoms with Crippen molar-refractivity contribution in [1.82, 2.24) is 14.5 Å². The number of piperidine rings is 1. The molecule has 0 radical (unpaired) electrons. The smallest absolute Gasteiger partial charge is 0.449 e. The molecule has 1 aliphatic rings. The number of amides is 1. The molecule has 10 heteroatoms. The number of nitrogens with zero attached hydrogens (tertiary/aromatic N) is 3. The minimum absolute atomic E-state index is 0.0227. The summed E-state index contributed by atoms with van der Waals surface area (Å²) >= 11 is 0. The molecule has 1 amide bonds. The average molecular weight is 513 g/mol. The number of likely N-dealkylation sites (tertiary alicyclic amines) is 1. The molecule has 4 aromatic rings. The van der Waals surface area contributed by atoms with E-state index in [0.717, 1.165) is 12.1 Å². The Hall–Kier alpha value is -3.92. The molecule has 1 saturated heterocycles. The number of anilines is 1. The van der Waals surface area contributed by atoms with Crippen molar-refractivity contribution >= 4 is 22.6 Å². The van der Waals surface area contributed by atoms with Gasteiger partial charge in [0.05, 0.1) is 23.3 Å². The lowest BCUT2D eigenvalue weighted by Gasteiger charge is -2.33. The number of hydrogen-bond acceptors (Lipinski definition) is 4. The van der Waals surface area contributed by atoms with Crippen LogP contribution >= 0.6 is 0 Å². The maximum absolute atomic E-state index is 13.7. The number of para-hydroxylation sites is 3. The number of imidazole rings is 1. The van der Waals surface area contributed by atoms with Crippen LogP contribution in [0, 0.1) is 5.82 Å². The minimum atomic E-state index is -4.66. The van der Waals surface area contributed by atoms with Gasteiger partial charge in [-0.05, 0) is 49.2 Å². The summed E-state index contributed by atoms with van der Waals surface area (Å²) in [6.45, 7) is 0.950. The van der Waals surface area contributed by atoms with Gasteiger partial charge in [-0.1, -0.05) is 30.3 Å². The lowest BCUT2D eigenvalue weighted by molar-refractivity contribution is -0.147. The highest BCUT2D eigenvalue weighted by atomic mass is 19.4. The van der Waals surface area contributed by atoms with Gasteiger partial charge in [-0.15, -0.1) is 0 Å². The van der Waals surface area contributed by atoms with Crippen molar-refractivity contribution in [2.24, 2.45) is 0 Å². The standard InChI is InChI=1S/C27H24F4N4O2/c28-18-10-11-23-22(16-18)33-26(27(29,30)31)35(23)19-12-14-34(15-13-19)17-25(36)32-21-8-4-5-9-24(21)37-20-6-2-1-3-7-20/h1-11,16,19H,12-15,17H2,(H,32,36).